The van der Waals surface area contributed by atoms with Crippen LogP contribution in [0.2, 0.25) is 0 Å². The molecule has 3 N–H and O–H groups in total. The number of likely N-dealkylation sites (N-methyl/N-ethyl adjacent to an activating group) is 1. The molecule has 5 nitrogen and oxygen atoms in total. The van der Waals surface area contributed by atoms with E-state index in [0.29, 0.717) is 17.0 Å². The Labute approximate surface area is 109 Å². The Morgan fingerprint density at radius 2 is 2.22 bits per heavy atom. The number of aliphatic hydroxyl groups excluding tert-OH is 1. The fourth-order valence-electron chi connectivity index (χ4n) is 1.22. The highest BCUT2D eigenvalue weighted by Gasteiger charge is 2.12. The van der Waals surface area contributed by atoms with Gasteiger partial charge in [0, 0.05) is 12.1 Å². The number of hydrogen-bond acceptors (Lipinski definition) is 4. The molecule has 0 aliphatic heterocycles. The molecule has 0 unspecified atom stereocenters. The number of hydrogen-bond donors (Lipinski definition) is 3. The lowest BCUT2D eigenvalue weighted by molar-refractivity contribution is -0.120. The van der Waals surface area contributed by atoms with E-state index < -0.39 is 0 Å². The van der Waals surface area contributed by atoms with Gasteiger partial charge in [-0.15, -0.1) is 11.3 Å². The Bertz CT molecular complexity index is 485. The van der Waals surface area contributed by atoms with Crippen molar-refractivity contribution in [3.8, 4) is 11.8 Å². The van der Waals surface area contributed by atoms with E-state index in [9.17, 15) is 9.59 Å². The highest BCUT2D eigenvalue weighted by molar-refractivity contribution is 7.12. The highest BCUT2D eigenvalue weighted by Crippen LogP contribution is 2.15. The van der Waals surface area contributed by atoms with Crippen LogP contribution in [0.1, 0.15) is 22.2 Å². The molecule has 0 aliphatic carbocycles. The molecule has 1 heterocycles. The number of rotatable bonds is 4. The van der Waals surface area contributed by atoms with Gasteiger partial charge in [-0.3, -0.25) is 9.59 Å². The van der Waals surface area contributed by atoms with E-state index >= 15 is 0 Å². The van der Waals surface area contributed by atoms with E-state index in [1.165, 1.54) is 11.3 Å². The summed E-state index contributed by atoms with van der Waals surface area (Å²) in [5, 5.41) is 15.4. The number of thiophene rings is 1. The fourth-order valence-corrected chi connectivity index (χ4v) is 1.98. The second-order valence-electron chi connectivity index (χ2n) is 3.26. The SMILES string of the molecule is CCNC(=O)CNC(=O)c1sccc1C#CCO. The summed E-state index contributed by atoms with van der Waals surface area (Å²) in [7, 11) is 0. The zero-order chi connectivity index (χ0) is 13.4. The van der Waals surface area contributed by atoms with E-state index in [1.807, 2.05) is 6.92 Å². The predicted molar refractivity (Wildman–Crippen MR) is 69.3 cm³/mol. The monoisotopic (exact) mass is 266 g/mol. The molecule has 1 rings (SSSR count). The van der Waals surface area contributed by atoms with Crippen LogP contribution in [0.5, 0.6) is 0 Å². The fraction of sp³-hybridized carbons (Fsp3) is 0.333. The topological polar surface area (TPSA) is 78.4 Å². The van der Waals surface area contributed by atoms with Gasteiger partial charge in [-0.05, 0) is 18.4 Å². The third-order valence-corrected chi connectivity index (χ3v) is 2.87. The third kappa shape index (κ3) is 4.20. The highest BCUT2D eigenvalue weighted by atomic mass is 32.1. The molecule has 2 amide bonds. The second kappa shape index (κ2) is 7.48. The zero-order valence-corrected chi connectivity index (χ0v) is 10.8. The molecule has 96 valence electrons. The minimum Gasteiger partial charge on any atom is -0.384 e. The average Bonchev–Trinajstić information content (AvgIpc) is 2.82. The molecule has 1 aromatic heterocycles. The molecule has 0 aliphatic rings. The zero-order valence-electron chi connectivity index (χ0n) is 9.95. The molecule has 0 atom stereocenters. The van der Waals surface area contributed by atoms with E-state index in [4.69, 9.17) is 5.11 Å². The Morgan fingerprint density at radius 3 is 2.89 bits per heavy atom. The molecule has 0 bridgehead atoms. The van der Waals surface area contributed by atoms with Crippen LogP contribution >= 0.6 is 11.3 Å². The smallest absolute Gasteiger partial charge is 0.263 e. The Hall–Kier alpha value is -1.84. The molecule has 0 saturated carbocycles. The third-order valence-electron chi connectivity index (χ3n) is 1.96. The number of aliphatic hydroxyl groups is 1. The van der Waals surface area contributed by atoms with Crippen molar-refractivity contribution < 1.29 is 14.7 Å². The number of nitrogens with one attached hydrogen (secondary N) is 2. The summed E-state index contributed by atoms with van der Waals surface area (Å²) in [6, 6.07) is 1.70. The van der Waals surface area contributed by atoms with Crippen LogP contribution in [0.25, 0.3) is 0 Å². The van der Waals surface area contributed by atoms with Gasteiger partial charge in [-0.2, -0.15) is 0 Å². The Kier molecular flexibility index (Phi) is 5.91. The first-order valence-electron chi connectivity index (χ1n) is 5.41. The van der Waals surface area contributed by atoms with Gasteiger partial charge in [0.25, 0.3) is 5.91 Å². The van der Waals surface area contributed by atoms with Crippen LogP contribution in [0.3, 0.4) is 0 Å². The minimum atomic E-state index is -0.335. The quantitative estimate of drug-likeness (QED) is 0.669. The first-order valence-corrected chi connectivity index (χ1v) is 6.29. The van der Waals surface area contributed by atoms with Gasteiger partial charge >= 0.3 is 0 Å². The molecular weight excluding hydrogens is 252 g/mol. The molecule has 1 aromatic rings. The minimum absolute atomic E-state index is 0.0581. The first kappa shape index (κ1) is 14.2. The molecular formula is C12H14N2O3S. The van der Waals surface area contributed by atoms with E-state index in [-0.39, 0.29) is 25.0 Å². The van der Waals surface area contributed by atoms with Crippen molar-refractivity contribution in [3.05, 3.63) is 21.9 Å². The van der Waals surface area contributed by atoms with Gasteiger partial charge in [-0.25, -0.2) is 0 Å². The number of carbonyl (C=O) groups is 2. The van der Waals surface area contributed by atoms with Crippen molar-refractivity contribution in [2.75, 3.05) is 19.7 Å². The van der Waals surface area contributed by atoms with E-state index in [2.05, 4.69) is 22.5 Å². The maximum Gasteiger partial charge on any atom is 0.263 e. The number of amides is 2. The lowest BCUT2D eigenvalue weighted by atomic mass is 10.2. The van der Waals surface area contributed by atoms with E-state index in [0.717, 1.165) is 0 Å². The number of carbonyl (C=O) groups excluding carboxylic acids is 2. The summed E-state index contributed by atoms with van der Waals surface area (Å²) in [4.78, 5) is 23.4. The van der Waals surface area contributed by atoms with Gasteiger partial charge in [0.2, 0.25) is 5.91 Å². The molecule has 6 heteroatoms. The summed E-state index contributed by atoms with van der Waals surface area (Å²) in [5.74, 6) is 4.60. The molecule has 0 radical (unpaired) electrons. The van der Waals surface area contributed by atoms with Gasteiger partial charge in [0.15, 0.2) is 0 Å². The second-order valence-corrected chi connectivity index (χ2v) is 4.18. The molecule has 0 aromatic carbocycles. The van der Waals surface area contributed by atoms with Crippen LogP contribution in [-0.2, 0) is 4.79 Å². The average molecular weight is 266 g/mol. The summed E-state index contributed by atoms with van der Waals surface area (Å²) in [6.07, 6.45) is 0. The van der Waals surface area contributed by atoms with Crippen molar-refractivity contribution in [1.29, 1.82) is 0 Å². The Balaban J connectivity index is 2.62. The van der Waals surface area contributed by atoms with Gasteiger partial charge in [-0.1, -0.05) is 11.8 Å². The molecule has 0 fully saturated rings. The van der Waals surface area contributed by atoms with Gasteiger partial charge in [0.05, 0.1) is 6.54 Å². The summed E-state index contributed by atoms with van der Waals surface area (Å²) in [5.41, 5.74) is 0.558. The van der Waals surface area contributed by atoms with Crippen molar-refractivity contribution in [2.45, 2.75) is 6.92 Å². The largest absolute Gasteiger partial charge is 0.384 e. The molecule has 0 saturated heterocycles. The first-order chi connectivity index (χ1) is 8.69. The van der Waals surface area contributed by atoms with Gasteiger partial charge in [0.1, 0.15) is 11.5 Å². The predicted octanol–water partition coefficient (Wildman–Crippen LogP) is -0.0422. The molecule has 0 spiro atoms. The van der Waals surface area contributed by atoms with Crippen LogP contribution in [0.4, 0.5) is 0 Å². The van der Waals surface area contributed by atoms with Crippen LogP contribution in [0, 0.1) is 11.8 Å². The van der Waals surface area contributed by atoms with E-state index in [1.54, 1.807) is 11.4 Å². The van der Waals surface area contributed by atoms with Crippen molar-refractivity contribution in [2.24, 2.45) is 0 Å². The van der Waals surface area contributed by atoms with Crippen molar-refractivity contribution >= 4 is 23.2 Å². The lowest BCUT2D eigenvalue weighted by Gasteiger charge is -2.04. The lowest BCUT2D eigenvalue weighted by Crippen LogP contribution is -2.36. The van der Waals surface area contributed by atoms with Crippen LogP contribution in [0.15, 0.2) is 11.4 Å². The van der Waals surface area contributed by atoms with Crippen LogP contribution < -0.4 is 10.6 Å². The maximum atomic E-state index is 11.8. The summed E-state index contributed by atoms with van der Waals surface area (Å²) < 4.78 is 0. The molecule has 18 heavy (non-hydrogen) atoms. The van der Waals surface area contributed by atoms with Gasteiger partial charge < -0.3 is 15.7 Å². The standard InChI is InChI=1S/C12H14N2O3S/c1-2-13-10(16)8-14-12(17)11-9(4-3-6-15)5-7-18-11/h5,7,15H,2,6,8H2,1H3,(H,13,16)(H,14,17). The van der Waals surface area contributed by atoms with Crippen molar-refractivity contribution in [1.82, 2.24) is 10.6 Å². The van der Waals surface area contributed by atoms with Crippen LogP contribution in [-0.4, -0.2) is 36.6 Å². The summed E-state index contributed by atoms with van der Waals surface area (Å²) >= 11 is 1.25. The van der Waals surface area contributed by atoms with Crippen molar-refractivity contribution in [3.63, 3.8) is 0 Å². The maximum absolute atomic E-state index is 11.8. The Morgan fingerprint density at radius 1 is 1.44 bits per heavy atom. The summed E-state index contributed by atoms with van der Waals surface area (Å²) in [6.45, 7) is 2.02. The normalized spacial score (nSPS) is 9.22.